The Morgan fingerprint density at radius 1 is 1.33 bits per heavy atom. The summed E-state index contributed by atoms with van der Waals surface area (Å²) in [7, 11) is 0. The minimum atomic E-state index is 0.420. The molecule has 2 rings (SSSR count). The molecule has 0 aromatic rings. The summed E-state index contributed by atoms with van der Waals surface area (Å²) in [5.74, 6) is 1.42. The van der Waals surface area contributed by atoms with E-state index in [1.54, 1.807) is 0 Å². The third-order valence-corrected chi connectivity index (χ3v) is 5.87. The molecule has 1 nitrogen and oxygen atoms in total. The number of rotatable bonds is 3. The van der Waals surface area contributed by atoms with Gasteiger partial charge < -0.3 is 4.79 Å². The first-order valence-electron chi connectivity index (χ1n) is 7.52. The second-order valence-electron chi connectivity index (χ2n) is 7.38. The second-order valence-corrected chi connectivity index (χ2v) is 7.38. The second kappa shape index (κ2) is 4.83. The van der Waals surface area contributed by atoms with Crippen molar-refractivity contribution < 1.29 is 4.79 Å². The van der Waals surface area contributed by atoms with Crippen LogP contribution in [0.5, 0.6) is 0 Å². The van der Waals surface area contributed by atoms with Gasteiger partial charge in [-0.3, -0.25) is 0 Å². The fourth-order valence-electron chi connectivity index (χ4n) is 4.93. The van der Waals surface area contributed by atoms with Gasteiger partial charge in [0.25, 0.3) is 0 Å². The van der Waals surface area contributed by atoms with Gasteiger partial charge in [0.2, 0.25) is 0 Å². The molecule has 0 amide bonds. The molecule has 0 aromatic heterocycles. The summed E-state index contributed by atoms with van der Waals surface area (Å²) in [4.78, 5) is 10.7. The van der Waals surface area contributed by atoms with Crippen molar-refractivity contribution in [3.05, 3.63) is 11.6 Å². The molecule has 2 aliphatic carbocycles. The van der Waals surface area contributed by atoms with Crippen LogP contribution >= 0.6 is 0 Å². The van der Waals surface area contributed by atoms with Crippen LogP contribution in [0, 0.1) is 22.7 Å². The van der Waals surface area contributed by atoms with Crippen LogP contribution in [-0.4, -0.2) is 6.29 Å². The first-order chi connectivity index (χ1) is 8.42. The molecule has 0 saturated heterocycles. The summed E-state index contributed by atoms with van der Waals surface area (Å²) < 4.78 is 0. The van der Waals surface area contributed by atoms with Crippen molar-refractivity contribution in [1.82, 2.24) is 0 Å². The molecule has 0 aliphatic heterocycles. The Kier molecular flexibility index (Phi) is 3.71. The largest absolute Gasteiger partial charge is 0.303 e. The van der Waals surface area contributed by atoms with Crippen LogP contribution in [0.3, 0.4) is 0 Å². The number of hydrogen-bond donors (Lipinski definition) is 0. The molecular formula is C17H28O. The highest BCUT2D eigenvalue weighted by Gasteiger charge is 2.51. The molecule has 18 heavy (non-hydrogen) atoms. The maximum atomic E-state index is 10.7. The van der Waals surface area contributed by atoms with E-state index in [2.05, 4.69) is 33.8 Å². The minimum Gasteiger partial charge on any atom is -0.303 e. The molecule has 0 radical (unpaired) electrons. The Hall–Kier alpha value is -0.590. The Labute approximate surface area is 112 Å². The lowest BCUT2D eigenvalue weighted by Gasteiger charge is -2.57. The van der Waals surface area contributed by atoms with Crippen molar-refractivity contribution in [2.75, 3.05) is 0 Å². The third kappa shape index (κ3) is 2.17. The van der Waals surface area contributed by atoms with Crippen molar-refractivity contribution in [1.29, 1.82) is 0 Å². The van der Waals surface area contributed by atoms with E-state index < -0.39 is 0 Å². The predicted molar refractivity (Wildman–Crippen MR) is 76.4 cm³/mol. The highest BCUT2D eigenvalue weighted by atomic mass is 16.1. The van der Waals surface area contributed by atoms with Gasteiger partial charge in [0.1, 0.15) is 6.29 Å². The minimum absolute atomic E-state index is 0.420. The molecule has 1 heteroatoms. The Morgan fingerprint density at radius 2 is 2.06 bits per heavy atom. The maximum absolute atomic E-state index is 10.7. The number of allylic oxidation sites excluding steroid dienone is 2. The van der Waals surface area contributed by atoms with Gasteiger partial charge in [0.15, 0.2) is 0 Å². The molecule has 102 valence electrons. The van der Waals surface area contributed by atoms with Crippen molar-refractivity contribution in [3.63, 3.8) is 0 Å². The van der Waals surface area contributed by atoms with Crippen molar-refractivity contribution >= 4 is 6.29 Å². The smallest absolute Gasteiger partial charge is 0.120 e. The zero-order chi connectivity index (χ0) is 13.4. The Morgan fingerprint density at radius 3 is 2.72 bits per heavy atom. The van der Waals surface area contributed by atoms with E-state index in [0.717, 1.165) is 25.0 Å². The van der Waals surface area contributed by atoms with E-state index in [1.807, 2.05) is 0 Å². The zero-order valence-electron chi connectivity index (χ0n) is 12.5. The van der Waals surface area contributed by atoms with E-state index in [-0.39, 0.29) is 0 Å². The molecule has 0 heterocycles. The average Bonchev–Trinajstić information content (AvgIpc) is 2.27. The zero-order valence-corrected chi connectivity index (χ0v) is 12.5. The van der Waals surface area contributed by atoms with Gasteiger partial charge in [-0.05, 0) is 55.3 Å². The van der Waals surface area contributed by atoms with Crippen LogP contribution in [-0.2, 0) is 4.79 Å². The van der Waals surface area contributed by atoms with Gasteiger partial charge >= 0.3 is 0 Å². The molecule has 1 saturated carbocycles. The molecule has 3 atom stereocenters. The quantitative estimate of drug-likeness (QED) is 0.519. The summed E-state index contributed by atoms with van der Waals surface area (Å²) in [6.07, 6.45) is 10.6. The topological polar surface area (TPSA) is 17.1 Å². The molecule has 2 aliphatic rings. The van der Waals surface area contributed by atoms with E-state index >= 15 is 0 Å². The molecule has 0 spiro atoms. The number of fused-ring (bicyclic) bond motifs is 1. The van der Waals surface area contributed by atoms with E-state index in [4.69, 9.17) is 0 Å². The van der Waals surface area contributed by atoms with Crippen LogP contribution in [0.25, 0.3) is 0 Å². The molecule has 0 unspecified atom stereocenters. The van der Waals surface area contributed by atoms with Crippen molar-refractivity contribution in [2.45, 2.75) is 66.2 Å². The van der Waals surface area contributed by atoms with E-state index in [0.29, 0.717) is 16.7 Å². The molecule has 0 bridgehead atoms. The number of carbonyl (C=O) groups excluding carboxylic acids is 1. The van der Waals surface area contributed by atoms with Gasteiger partial charge in [-0.25, -0.2) is 0 Å². The molecule has 0 aromatic carbocycles. The van der Waals surface area contributed by atoms with Crippen LogP contribution in [0.4, 0.5) is 0 Å². The highest BCUT2D eigenvalue weighted by Crippen LogP contribution is 2.60. The van der Waals surface area contributed by atoms with Crippen LogP contribution in [0.1, 0.15) is 66.2 Å². The Balaban J connectivity index is 2.31. The molecule has 1 fully saturated rings. The normalized spacial score (nSPS) is 38.8. The lowest BCUT2D eigenvalue weighted by atomic mass is 9.48. The van der Waals surface area contributed by atoms with Crippen LogP contribution in [0.15, 0.2) is 11.6 Å². The predicted octanol–water partition coefficient (Wildman–Crippen LogP) is 4.76. The van der Waals surface area contributed by atoms with Gasteiger partial charge in [-0.1, -0.05) is 38.8 Å². The third-order valence-electron chi connectivity index (χ3n) is 5.87. The van der Waals surface area contributed by atoms with Crippen LogP contribution in [0.2, 0.25) is 0 Å². The fraction of sp³-hybridized carbons (Fsp3) is 0.824. The summed E-state index contributed by atoms with van der Waals surface area (Å²) >= 11 is 0. The first kappa shape index (κ1) is 13.8. The molecular weight excluding hydrogens is 220 g/mol. The van der Waals surface area contributed by atoms with Crippen LogP contribution < -0.4 is 0 Å². The molecule has 0 N–H and O–H groups in total. The summed E-state index contributed by atoms with van der Waals surface area (Å²) in [5, 5.41) is 0. The fourth-order valence-corrected chi connectivity index (χ4v) is 4.93. The average molecular weight is 248 g/mol. The first-order valence-corrected chi connectivity index (χ1v) is 7.52. The van der Waals surface area contributed by atoms with Gasteiger partial charge in [0.05, 0.1) is 0 Å². The maximum Gasteiger partial charge on any atom is 0.120 e. The number of hydrogen-bond acceptors (Lipinski definition) is 1. The summed E-state index contributed by atoms with van der Waals surface area (Å²) in [5.41, 5.74) is 2.42. The lowest BCUT2D eigenvalue weighted by molar-refractivity contribution is -0.108. The number of carbonyl (C=O) groups is 1. The summed E-state index contributed by atoms with van der Waals surface area (Å²) in [6, 6.07) is 0. The van der Waals surface area contributed by atoms with E-state index in [1.165, 1.54) is 31.3 Å². The van der Waals surface area contributed by atoms with Gasteiger partial charge in [0, 0.05) is 6.42 Å². The van der Waals surface area contributed by atoms with Crippen molar-refractivity contribution in [2.24, 2.45) is 22.7 Å². The van der Waals surface area contributed by atoms with Gasteiger partial charge in [-0.2, -0.15) is 0 Å². The Bertz CT molecular complexity index is 353. The van der Waals surface area contributed by atoms with E-state index in [9.17, 15) is 4.79 Å². The SMILES string of the molecule is CC1=CC[C@H]2C(C)(C)CCC[C@]2(C)[C@H]1CCC=O. The highest BCUT2D eigenvalue weighted by molar-refractivity contribution is 5.49. The van der Waals surface area contributed by atoms with Crippen molar-refractivity contribution in [3.8, 4) is 0 Å². The number of aldehydes is 1. The van der Waals surface area contributed by atoms with Gasteiger partial charge in [-0.15, -0.1) is 0 Å². The summed E-state index contributed by atoms with van der Waals surface area (Å²) in [6.45, 7) is 9.66. The standard InChI is InChI=1S/C17H28O/c1-13-8-9-15-16(2,3)10-6-11-17(15,4)14(13)7-5-12-18/h8,12,14-15H,5-7,9-11H2,1-4H3/t14-,15-,17+/m0/s1. The monoisotopic (exact) mass is 248 g/mol. The lowest BCUT2D eigenvalue weighted by Crippen LogP contribution is -2.48.